The molecule has 11 heteroatoms. The molecule has 1 aromatic carbocycles. The molecule has 2 aliphatic rings. The van der Waals surface area contributed by atoms with E-state index in [-0.39, 0.29) is 19.3 Å². The van der Waals surface area contributed by atoms with Crippen molar-refractivity contribution in [3.05, 3.63) is 35.9 Å². The minimum Gasteiger partial charge on any atom is -0.462 e. The number of hydroxylamine groups is 2. The van der Waals surface area contributed by atoms with Crippen LogP contribution in [0.5, 0.6) is 0 Å². The second-order valence-corrected chi connectivity index (χ2v) is 8.49. The van der Waals surface area contributed by atoms with E-state index in [0.717, 1.165) is 5.56 Å². The predicted molar refractivity (Wildman–Crippen MR) is 118 cm³/mol. The Kier molecular flexibility index (Phi) is 9.19. The maximum atomic E-state index is 12.1. The van der Waals surface area contributed by atoms with E-state index in [1.807, 2.05) is 30.3 Å². The number of ether oxygens (including phenoxy) is 5. The van der Waals surface area contributed by atoms with Gasteiger partial charge in [-0.15, -0.1) is 0 Å². The van der Waals surface area contributed by atoms with E-state index < -0.39 is 54.3 Å². The molecule has 192 valence electrons. The number of hydrogen-bond donors (Lipinski definition) is 0. The maximum absolute atomic E-state index is 12.1. The summed E-state index contributed by atoms with van der Waals surface area (Å²) in [5, 5.41) is 1.74. The van der Waals surface area contributed by atoms with Crippen LogP contribution in [0.25, 0.3) is 0 Å². The number of esters is 4. The summed E-state index contributed by atoms with van der Waals surface area (Å²) >= 11 is 0. The fourth-order valence-electron chi connectivity index (χ4n) is 4.32. The average molecular weight is 494 g/mol. The number of hydrogen-bond acceptors (Lipinski definition) is 11. The molecule has 0 aromatic heterocycles. The average Bonchev–Trinajstić information content (AvgIpc) is 3.08. The zero-order valence-corrected chi connectivity index (χ0v) is 20.2. The van der Waals surface area contributed by atoms with Crippen LogP contribution in [-0.2, 0) is 54.2 Å². The van der Waals surface area contributed by atoms with Crippen LogP contribution in [0.1, 0.15) is 39.7 Å². The van der Waals surface area contributed by atoms with Crippen LogP contribution in [-0.4, -0.2) is 78.7 Å². The standard InChI is InChI=1S/C24H31NO10/c1-14(26)30-13-21(32-15(2)27)23(34-17(4)29)24-22(33-16(3)28)20-10-19(12-31-24)35-25(20)11-18-8-6-5-7-9-18/h5-9,19-24H,10-13H2,1-4H3/t19-,20+,21+,22-,23-,24+/m0/s1. The molecule has 6 atom stereocenters. The van der Waals surface area contributed by atoms with Crippen molar-refractivity contribution >= 4 is 23.9 Å². The van der Waals surface area contributed by atoms with Crippen LogP contribution in [0.3, 0.4) is 0 Å². The SMILES string of the molecule is CC(=O)OC[C@@H](OC(C)=O)[C@H](OC(C)=O)[C@@H]1OC[C@@H]2C[C@H]([C@@H]1OC(C)=O)N(Cc1ccccc1)O2. The zero-order chi connectivity index (χ0) is 25.5. The summed E-state index contributed by atoms with van der Waals surface area (Å²) in [6.45, 7) is 5.00. The molecule has 0 aliphatic carbocycles. The lowest BCUT2D eigenvalue weighted by Gasteiger charge is -2.39. The van der Waals surface area contributed by atoms with Gasteiger partial charge in [-0.3, -0.25) is 24.0 Å². The zero-order valence-electron chi connectivity index (χ0n) is 20.2. The van der Waals surface area contributed by atoms with Crippen LogP contribution in [0.15, 0.2) is 30.3 Å². The molecule has 3 rings (SSSR count). The van der Waals surface area contributed by atoms with E-state index in [4.69, 9.17) is 28.5 Å². The Morgan fingerprint density at radius 2 is 1.66 bits per heavy atom. The predicted octanol–water partition coefficient (Wildman–Crippen LogP) is 1.32. The Hall–Kier alpha value is -3.02. The molecule has 2 saturated heterocycles. The van der Waals surface area contributed by atoms with Gasteiger partial charge in [0.2, 0.25) is 0 Å². The molecule has 2 fully saturated rings. The van der Waals surface area contributed by atoms with Gasteiger partial charge < -0.3 is 23.7 Å². The molecule has 0 amide bonds. The van der Waals surface area contributed by atoms with Crippen molar-refractivity contribution in [3.8, 4) is 0 Å². The van der Waals surface area contributed by atoms with Crippen LogP contribution < -0.4 is 0 Å². The molecule has 11 nitrogen and oxygen atoms in total. The summed E-state index contributed by atoms with van der Waals surface area (Å²) in [5.74, 6) is -2.53. The summed E-state index contributed by atoms with van der Waals surface area (Å²) < 4.78 is 27.7. The summed E-state index contributed by atoms with van der Waals surface area (Å²) in [4.78, 5) is 53.5. The van der Waals surface area contributed by atoms with E-state index >= 15 is 0 Å². The number of benzene rings is 1. The number of carbonyl (C=O) groups is 4. The van der Waals surface area contributed by atoms with E-state index in [2.05, 4.69) is 0 Å². The van der Waals surface area contributed by atoms with Crippen molar-refractivity contribution in [1.29, 1.82) is 0 Å². The fraction of sp³-hybridized carbons (Fsp3) is 0.583. The summed E-state index contributed by atoms with van der Waals surface area (Å²) in [7, 11) is 0. The molecule has 35 heavy (non-hydrogen) atoms. The lowest BCUT2D eigenvalue weighted by atomic mass is 9.95. The third-order valence-corrected chi connectivity index (χ3v) is 5.58. The van der Waals surface area contributed by atoms with Crippen molar-refractivity contribution in [2.24, 2.45) is 0 Å². The first-order valence-electron chi connectivity index (χ1n) is 11.4. The highest BCUT2D eigenvalue weighted by Gasteiger charge is 2.52. The number of rotatable bonds is 9. The summed E-state index contributed by atoms with van der Waals surface area (Å²) in [6, 6.07) is 9.19. The van der Waals surface area contributed by atoms with Gasteiger partial charge >= 0.3 is 23.9 Å². The van der Waals surface area contributed by atoms with Crippen LogP contribution in [0, 0.1) is 0 Å². The lowest BCUT2D eigenvalue weighted by molar-refractivity contribution is -0.250. The lowest BCUT2D eigenvalue weighted by Crippen LogP contribution is -2.57. The molecular weight excluding hydrogens is 462 g/mol. The molecule has 2 aliphatic heterocycles. The number of fused-ring (bicyclic) bond motifs is 2. The molecule has 0 saturated carbocycles. The maximum Gasteiger partial charge on any atom is 0.303 e. The van der Waals surface area contributed by atoms with E-state index in [9.17, 15) is 19.2 Å². The van der Waals surface area contributed by atoms with Crippen molar-refractivity contribution < 1.29 is 47.7 Å². The Morgan fingerprint density at radius 3 is 2.26 bits per heavy atom. The second-order valence-electron chi connectivity index (χ2n) is 8.49. The Labute approximate surface area is 203 Å². The quantitative estimate of drug-likeness (QED) is 0.365. The van der Waals surface area contributed by atoms with Gasteiger partial charge in [-0.1, -0.05) is 30.3 Å². The van der Waals surface area contributed by atoms with Gasteiger partial charge in [0.25, 0.3) is 0 Å². The van der Waals surface area contributed by atoms with Gasteiger partial charge in [0, 0.05) is 34.2 Å². The first-order valence-corrected chi connectivity index (χ1v) is 11.4. The number of nitrogens with zero attached hydrogens (tertiary/aromatic N) is 1. The van der Waals surface area contributed by atoms with Crippen LogP contribution in [0.4, 0.5) is 0 Å². The molecule has 2 bridgehead atoms. The van der Waals surface area contributed by atoms with Gasteiger partial charge in [0.05, 0.1) is 12.6 Å². The van der Waals surface area contributed by atoms with E-state index in [1.54, 1.807) is 5.06 Å². The van der Waals surface area contributed by atoms with E-state index in [0.29, 0.717) is 13.0 Å². The van der Waals surface area contributed by atoms with Crippen LogP contribution >= 0.6 is 0 Å². The minimum absolute atomic E-state index is 0.113. The molecule has 0 N–H and O–H groups in total. The van der Waals surface area contributed by atoms with Gasteiger partial charge in [-0.2, -0.15) is 5.06 Å². The highest BCUT2D eigenvalue weighted by Crippen LogP contribution is 2.35. The third-order valence-electron chi connectivity index (χ3n) is 5.58. The Balaban J connectivity index is 1.95. The smallest absolute Gasteiger partial charge is 0.303 e. The van der Waals surface area contributed by atoms with Gasteiger partial charge in [0.1, 0.15) is 24.9 Å². The molecule has 2 heterocycles. The van der Waals surface area contributed by atoms with Crippen molar-refractivity contribution in [2.75, 3.05) is 13.2 Å². The monoisotopic (exact) mass is 493 g/mol. The topological polar surface area (TPSA) is 127 Å². The van der Waals surface area contributed by atoms with Crippen molar-refractivity contribution in [1.82, 2.24) is 5.06 Å². The molecule has 1 aromatic rings. The van der Waals surface area contributed by atoms with Gasteiger partial charge in [-0.05, 0) is 12.0 Å². The molecule has 0 spiro atoms. The van der Waals surface area contributed by atoms with E-state index in [1.165, 1.54) is 27.7 Å². The number of carbonyl (C=O) groups excluding carboxylic acids is 4. The molecule has 0 radical (unpaired) electrons. The van der Waals surface area contributed by atoms with Crippen molar-refractivity contribution in [2.45, 2.75) is 77.2 Å². The Bertz CT molecular complexity index is 907. The van der Waals surface area contributed by atoms with Gasteiger partial charge in [0.15, 0.2) is 12.2 Å². The minimum atomic E-state index is -1.22. The third kappa shape index (κ3) is 7.48. The normalized spacial score (nSPS) is 25.6. The summed E-state index contributed by atoms with van der Waals surface area (Å²) in [5.41, 5.74) is 0.988. The Morgan fingerprint density at radius 1 is 0.971 bits per heavy atom. The highest BCUT2D eigenvalue weighted by atomic mass is 16.7. The molecular formula is C24H31NO10. The largest absolute Gasteiger partial charge is 0.462 e. The van der Waals surface area contributed by atoms with Gasteiger partial charge in [-0.25, -0.2) is 0 Å². The second kappa shape index (κ2) is 12.1. The first kappa shape index (κ1) is 26.6. The first-order chi connectivity index (χ1) is 16.6. The van der Waals surface area contributed by atoms with Crippen molar-refractivity contribution in [3.63, 3.8) is 0 Å². The highest BCUT2D eigenvalue weighted by molar-refractivity contribution is 5.68. The summed E-state index contributed by atoms with van der Waals surface area (Å²) in [6.07, 6.45) is -4.22. The van der Waals surface area contributed by atoms with Crippen LogP contribution in [0.2, 0.25) is 0 Å². The molecule has 0 unspecified atom stereocenters. The fourth-order valence-corrected chi connectivity index (χ4v) is 4.32.